The smallest absolute Gasteiger partial charge is 0.0959 e. The molecular weight excluding hydrogens is 152 g/mol. The minimum absolute atomic E-state index is 0.389. The highest BCUT2D eigenvalue weighted by Crippen LogP contribution is 2.52. The number of aromatic nitrogens is 2. The van der Waals surface area contributed by atoms with Crippen molar-refractivity contribution in [3.63, 3.8) is 0 Å². The van der Waals surface area contributed by atoms with Crippen LogP contribution in [0.1, 0.15) is 24.6 Å². The van der Waals surface area contributed by atoms with Gasteiger partial charge < -0.3 is 5.11 Å². The van der Waals surface area contributed by atoms with Crippen LogP contribution in [0.4, 0.5) is 0 Å². The minimum atomic E-state index is -0.571. The summed E-state index contributed by atoms with van der Waals surface area (Å²) in [5.41, 5.74) is 1.50. The second-order valence-electron chi connectivity index (χ2n) is 3.80. The Bertz CT molecular complexity index is 318. The van der Waals surface area contributed by atoms with Gasteiger partial charge in [0.1, 0.15) is 0 Å². The first-order chi connectivity index (χ1) is 5.55. The van der Waals surface area contributed by atoms with Gasteiger partial charge in [0.15, 0.2) is 0 Å². The van der Waals surface area contributed by atoms with Crippen molar-refractivity contribution in [2.24, 2.45) is 13.0 Å². The second-order valence-corrected chi connectivity index (χ2v) is 3.80. The molecule has 0 saturated heterocycles. The third-order valence-corrected chi connectivity index (χ3v) is 2.97. The molecule has 0 bridgehead atoms. The van der Waals surface area contributed by atoms with Crippen LogP contribution in [0.15, 0.2) is 6.20 Å². The number of hydrogen-bond acceptors (Lipinski definition) is 2. The summed E-state index contributed by atoms with van der Waals surface area (Å²) in [7, 11) is 1.90. The Morgan fingerprint density at radius 3 is 2.67 bits per heavy atom. The van der Waals surface area contributed by atoms with E-state index in [1.807, 2.05) is 14.0 Å². The molecule has 0 amide bonds. The molecule has 1 N–H and O–H groups in total. The molecule has 1 aromatic heterocycles. The van der Waals surface area contributed by atoms with Gasteiger partial charge in [-0.25, -0.2) is 0 Å². The molecule has 1 aromatic rings. The summed E-state index contributed by atoms with van der Waals surface area (Å²) >= 11 is 0. The highest BCUT2D eigenvalue weighted by Gasteiger charge is 2.52. The van der Waals surface area contributed by atoms with Gasteiger partial charge >= 0.3 is 0 Å². The van der Waals surface area contributed by atoms with Crippen molar-refractivity contribution >= 4 is 0 Å². The molecule has 3 nitrogen and oxygen atoms in total. The number of nitrogens with zero attached hydrogens (tertiary/aromatic N) is 2. The molecule has 1 saturated carbocycles. The number of hydrogen-bond donors (Lipinski definition) is 1. The molecule has 0 spiro atoms. The molecule has 12 heavy (non-hydrogen) atoms. The highest BCUT2D eigenvalue weighted by atomic mass is 16.3. The maximum absolute atomic E-state index is 10.0. The van der Waals surface area contributed by atoms with E-state index in [1.54, 1.807) is 10.9 Å². The standard InChI is InChI=1S/C9H14N2O/c1-6-4-9(6,12)8-5-10-11(3)7(8)2/h5-6,12H,4H2,1-3H3. The second kappa shape index (κ2) is 2.10. The Labute approximate surface area is 72.0 Å². The van der Waals surface area contributed by atoms with Gasteiger partial charge in [0.2, 0.25) is 0 Å². The van der Waals surface area contributed by atoms with Crippen LogP contribution in [-0.4, -0.2) is 14.9 Å². The summed E-state index contributed by atoms with van der Waals surface area (Å²) < 4.78 is 1.80. The van der Waals surface area contributed by atoms with Gasteiger partial charge in [-0.15, -0.1) is 0 Å². The zero-order valence-corrected chi connectivity index (χ0v) is 7.70. The van der Waals surface area contributed by atoms with Crippen molar-refractivity contribution in [3.05, 3.63) is 17.5 Å². The molecule has 2 atom stereocenters. The quantitative estimate of drug-likeness (QED) is 0.674. The molecule has 1 heterocycles. The van der Waals surface area contributed by atoms with Crippen LogP contribution in [0, 0.1) is 12.8 Å². The molecule has 1 aliphatic rings. The van der Waals surface area contributed by atoms with Crippen molar-refractivity contribution in [1.29, 1.82) is 0 Å². The first-order valence-corrected chi connectivity index (χ1v) is 4.27. The largest absolute Gasteiger partial charge is 0.385 e. The van der Waals surface area contributed by atoms with Gasteiger partial charge in [-0.1, -0.05) is 6.92 Å². The molecule has 3 heteroatoms. The maximum Gasteiger partial charge on any atom is 0.0959 e. The lowest BCUT2D eigenvalue weighted by molar-refractivity contribution is 0.134. The minimum Gasteiger partial charge on any atom is -0.385 e. The molecule has 66 valence electrons. The Morgan fingerprint density at radius 2 is 2.33 bits per heavy atom. The topological polar surface area (TPSA) is 38.1 Å². The average molecular weight is 166 g/mol. The van der Waals surface area contributed by atoms with E-state index in [0.717, 1.165) is 17.7 Å². The van der Waals surface area contributed by atoms with E-state index in [-0.39, 0.29) is 0 Å². The van der Waals surface area contributed by atoms with Gasteiger partial charge in [-0.3, -0.25) is 4.68 Å². The zero-order chi connectivity index (χ0) is 8.93. The van der Waals surface area contributed by atoms with Crippen molar-refractivity contribution in [2.45, 2.75) is 25.9 Å². The summed E-state index contributed by atoms with van der Waals surface area (Å²) in [6.07, 6.45) is 2.65. The lowest BCUT2D eigenvalue weighted by Gasteiger charge is -2.07. The normalized spacial score (nSPS) is 33.8. The van der Waals surface area contributed by atoms with Crippen molar-refractivity contribution in [1.82, 2.24) is 9.78 Å². The fraction of sp³-hybridized carbons (Fsp3) is 0.667. The van der Waals surface area contributed by atoms with Gasteiger partial charge in [-0.05, 0) is 19.3 Å². The summed E-state index contributed by atoms with van der Waals surface area (Å²) in [6.45, 7) is 4.05. The van der Waals surface area contributed by atoms with Crippen molar-refractivity contribution in [3.8, 4) is 0 Å². The summed E-state index contributed by atoms with van der Waals surface area (Å²) in [5, 5.41) is 14.1. The molecule has 1 aliphatic carbocycles. The maximum atomic E-state index is 10.0. The van der Waals surface area contributed by atoms with Gasteiger partial charge in [0.05, 0.1) is 11.8 Å². The molecule has 2 unspecified atom stereocenters. The Balaban J connectivity index is 2.42. The van der Waals surface area contributed by atoms with Crippen molar-refractivity contribution in [2.75, 3.05) is 0 Å². The molecule has 1 fully saturated rings. The summed E-state index contributed by atoms with van der Waals surface area (Å²) in [6, 6.07) is 0. The van der Waals surface area contributed by atoms with E-state index in [9.17, 15) is 5.11 Å². The number of rotatable bonds is 1. The van der Waals surface area contributed by atoms with Gasteiger partial charge in [-0.2, -0.15) is 5.10 Å². The average Bonchev–Trinajstić information content (AvgIpc) is 2.44. The van der Waals surface area contributed by atoms with E-state index in [4.69, 9.17) is 0 Å². The predicted octanol–water partition coefficient (Wildman–Crippen LogP) is 0.956. The SMILES string of the molecule is Cc1c(C2(O)CC2C)cnn1C. The van der Waals surface area contributed by atoms with Crippen LogP contribution in [0.2, 0.25) is 0 Å². The van der Waals surface area contributed by atoms with Crippen LogP contribution in [0.5, 0.6) is 0 Å². The fourth-order valence-electron chi connectivity index (χ4n) is 1.71. The van der Waals surface area contributed by atoms with E-state index >= 15 is 0 Å². The molecule has 0 aliphatic heterocycles. The Kier molecular flexibility index (Phi) is 1.37. The predicted molar refractivity (Wildman–Crippen MR) is 45.6 cm³/mol. The molecular formula is C9H14N2O. The van der Waals surface area contributed by atoms with Crippen LogP contribution in [0.3, 0.4) is 0 Å². The molecule has 0 aromatic carbocycles. The molecule has 2 rings (SSSR count). The monoisotopic (exact) mass is 166 g/mol. The Hall–Kier alpha value is -0.830. The number of aryl methyl sites for hydroxylation is 1. The lowest BCUT2D eigenvalue weighted by atomic mass is 10.1. The van der Waals surface area contributed by atoms with E-state index < -0.39 is 5.60 Å². The summed E-state index contributed by atoms with van der Waals surface area (Å²) in [4.78, 5) is 0. The fourth-order valence-corrected chi connectivity index (χ4v) is 1.71. The number of aliphatic hydroxyl groups is 1. The van der Waals surface area contributed by atoms with E-state index in [1.165, 1.54) is 0 Å². The Morgan fingerprint density at radius 1 is 1.75 bits per heavy atom. The van der Waals surface area contributed by atoms with Crippen LogP contribution in [0.25, 0.3) is 0 Å². The van der Waals surface area contributed by atoms with Gasteiger partial charge in [0.25, 0.3) is 0 Å². The lowest BCUT2D eigenvalue weighted by Crippen LogP contribution is -2.08. The zero-order valence-electron chi connectivity index (χ0n) is 7.70. The third-order valence-electron chi connectivity index (χ3n) is 2.97. The summed E-state index contributed by atoms with van der Waals surface area (Å²) in [5.74, 6) is 0.389. The first-order valence-electron chi connectivity index (χ1n) is 4.27. The van der Waals surface area contributed by atoms with Gasteiger partial charge in [0, 0.05) is 18.3 Å². The third kappa shape index (κ3) is 0.829. The van der Waals surface area contributed by atoms with E-state index in [0.29, 0.717) is 5.92 Å². The molecule has 0 radical (unpaired) electrons. The van der Waals surface area contributed by atoms with Crippen molar-refractivity contribution < 1.29 is 5.11 Å². The van der Waals surface area contributed by atoms with Crippen LogP contribution >= 0.6 is 0 Å². The van der Waals surface area contributed by atoms with Crippen LogP contribution in [-0.2, 0) is 12.6 Å². The highest BCUT2D eigenvalue weighted by molar-refractivity contribution is 5.30. The first kappa shape index (κ1) is 7.80. The van der Waals surface area contributed by atoms with E-state index in [2.05, 4.69) is 12.0 Å². The van der Waals surface area contributed by atoms with Crippen LogP contribution < -0.4 is 0 Å².